The third kappa shape index (κ3) is 8.37. The third-order valence-corrected chi connectivity index (χ3v) is 4.67. The standard InChI is InChI=1S/C20H31N5.HI/c1-3-22-20(24-16-19-7-5-18(15-21)6-8-19)23-11-4-12-25-13-9-17(2)10-14-25;/h5-8,17H,3-4,9-14,16H2,1-2H3,(H2,22,23,24);1H. The lowest BCUT2D eigenvalue weighted by Crippen LogP contribution is -2.39. The molecule has 5 nitrogen and oxygen atoms in total. The Morgan fingerprint density at radius 2 is 1.92 bits per heavy atom. The number of likely N-dealkylation sites (tertiary alicyclic amines) is 1. The van der Waals surface area contributed by atoms with Crippen LogP contribution in [0.2, 0.25) is 0 Å². The lowest BCUT2D eigenvalue weighted by molar-refractivity contribution is 0.191. The molecular formula is C20H32IN5. The Bertz CT molecular complexity index is 571. The number of rotatable bonds is 7. The van der Waals surface area contributed by atoms with Gasteiger partial charge in [0.2, 0.25) is 0 Å². The number of hydrogen-bond acceptors (Lipinski definition) is 3. The fourth-order valence-corrected chi connectivity index (χ4v) is 2.99. The predicted octanol–water partition coefficient (Wildman–Crippen LogP) is 3.35. The zero-order valence-electron chi connectivity index (χ0n) is 16.0. The monoisotopic (exact) mass is 469 g/mol. The smallest absolute Gasteiger partial charge is 0.191 e. The van der Waals surface area contributed by atoms with Crippen molar-refractivity contribution in [1.82, 2.24) is 15.5 Å². The van der Waals surface area contributed by atoms with Crippen LogP contribution in [0.25, 0.3) is 0 Å². The SMILES string of the molecule is CCNC(=NCc1ccc(C#N)cc1)NCCCN1CCC(C)CC1.I. The van der Waals surface area contributed by atoms with E-state index in [9.17, 15) is 0 Å². The largest absolute Gasteiger partial charge is 0.357 e. The maximum Gasteiger partial charge on any atom is 0.191 e. The van der Waals surface area contributed by atoms with Gasteiger partial charge >= 0.3 is 0 Å². The number of halogens is 1. The molecule has 26 heavy (non-hydrogen) atoms. The van der Waals surface area contributed by atoms with Crippen molar-refractivity contribution >= 4 is 29.9 Å². The molecule has 1 aromatic carbocycles. The maximum absolute atomic E-state index is 8.84. The summed E-state index contributed by atoms with van der Waals surface area (Å²) in [4.78, 5) is 7.20. The molecule has 1 saturated heterocycles. The van der Waals surface area contributed by atoms with Crippen LogP contribution in [0.3, 0.4) is 0 Å². The van der Waals surface area contributed by atoms with Crippen molar-refractivity contribution in [3.05, 3.63) is 35.4 Å². The van der Waals surface area contributed by atoms with Gasteiger partial charge in [-0.15, -0.1) is 24.0 Å². The number of hydrogen-bond donors (Lipinski definition) is 2. The molecule has 144 valence electrons. The quantitative estimate of drug-likeness (QED) is 0.278. The Balaban J connectivity index is 0.00000338. The van der Waals surface area contributed by atoms with Crippen molar-refractivity contribution < 1.29 is 0 Å². The van der Waals surface area contributed by atoms with Gasteiger partial charge in [0.1, 0.15) is 0 Å². The molecule has 2 rings (SSSR count). The second kappa shape index (κ2) is 12.9. The van der Waals surface area contributed by atoms with Crippen LogP contribution < -0.4 is 10.6 Å². The first-order chi connectivity index (χ1) is 12.2. The molecule has 0 aromatic heterocycles. The number of piperidine rings is 1. The van der Waals surface area contributed by atoms with Gasteiger partial charge in [-0.25, -0.2) is 4.99 Å². The molecule has 0 amide bonds. The van der Waals surface area contributed by atoms with Gasteiger partial charge in [0.05, 0.1) is 18.2 Å². The molecule has 0 atom stereocenters. The van der Waals surface area contributed by atoms with E-state index in [1.165, 1.54) is 25.9 Å². The molecule has 1 fully saturated rings. The topological polar surface area (TPSA) is 63.5 Å². The third-order valence-electron chi connectivity index (χ3n) is 4.67. The molecule has 6 heteroatoms. The minimum absolute atomic E-state index is 0. The van der Waals surface area contributed by atoms with Crippen molar-refractivity contribution in [1.29, 1.82) is 5.26 Å². The van der Waals surface area contributed by atoms with Crippen LogP contribution in [0.5, 0.6) is 0 Å². The maximum atomic E-state index is 8.84. The molecule has 0 unspecified atom stereocenters. The molecule has 0 bridgehead atoms. The highest BCUT2D eigenvalue weighted by molar-refractivity contribution is 14.0. The van der Waals surface area contributed by atoms with Crippen molar-refractivity contribution in [2.24, 2.45) is 10.9 Å². The van der Waals surface area contributed by atoms with Crippen LogP contribution >= 0.6 is 24.0 Å². The Labute approximate surface area is 175 Å². The fraction of sp³-hybridized carbons (Fsp3) is 0.600. The first kappa shape index (κ1) is 22.7. The summed E-state index contributed by atoms with van der Waals surface area (Å²) in [5, 5.41) is 15.6. The molecule has 1 heterocycles. The minimum atomic E-state index is 0. The summed E-state index contributed by atoms with van der Waals surface area (Å²) >= 11 is 0. The molecule has 1 aromatic rings. The molecule has 0 aliphatic carbocycles. The van der Waals surface area contributed by atoms with Gasteiger partial charge in [-0.1, -0.05) is 19.1 Å². The molecular weight excluding hydrogens is 437 g/mol. The van der Waals surface area contributed by atoms with Gasteiger partial charge in [0, 0.05) is 13.1 Å². The summed E-state index contributed by atoms with van der Waals surface area (Å²) in [5.41, 5.74) is 1.79. The average molecular weight is 469 g/mol. The van der Waals surface area contributed by atoms with E-state index < -0.39 is 0 Å². The highest BCUT2D eigenvalue weighted by Gasteiger charge is 2.14. The van der Waals surface area contributed by atoms with Crippen LogP contribution in [0, 0.1) is 17.2 Å². The Morgan fingerprint density at radius 3 is 2.54 bits per heavy atom. The van der Waals surface area contributed by atoms with Gasteiger partial charge in [0.25, 0.3) is 0 Å². The van der Waals surface area contributed by atoms with E-state index in [1.54, 1.807) is 0 Å². The molecule has 0 spiro atoms. The summed E-state index contributed by atoms with van der Waals surface area (Å²) < 4.78 is 0. The fourth-order valence-electron chi connectivity index (χ4n) is 2.99. The molecule has 1 aliphatic heterocycles. The van der Waals surface area contributed by atoms with E-state index >= 15 is 0 Å². The zero-order chi connectivity index (χ0) is 17.9. The highest BCUT2D eigenvalue weighted by Crippen LogP contribution is 2.15. The van der Waals surface area contributed by atoms with Gasteiger partial charge in [-0.05, 0) is 69.4 Å². The van der Waals surface area contributed by atoms with Crippen molar-refractivity contribution in [3.8, 4) is 6.07 Å². The number of aliphatic imine (C=N–C) groups is 1. The zero-order valence-corrected chi connectivity index (χ0v) is 18.3. The van der Waals surface area contributed by atoms with Crippen molar-refractivity contribution in [3.63, 3.8) is 0 Å². The molecule has 0 radical (unpaired) electrons. The summed E-state index contributed by atoms with van der Waals surface area (Å²) in [5.74, 6) is 1.75. The van der Waals surface area contributed by atoms with Crippen LogP contribution in [0.1, 0.15) is 44.2 Å². The Hall–Kier alpha value is -1.33. The van der Waals surface area contributed by atoms with Gasteiger partial charge in [-0.2, -0.15) is 5.26 Å². The minimum Gasteiger partial charge on any atom is -0.357 e. The second-order valence-corrected chi connectivity index (χ2v) is 6.81. The number of benzene rings is 1. The van der Waals surface area contributed by atoms with Crippen LogP contribution in [-0.2, 0) is 6.54 Å². The summed E-state index contributed by atoms with van der Waals surface area (Å²) in [6, 6.07) is 9.74. The summed E-state index contributed by atoms with van der Waals surface area (Å²) in [6.07, 6.45) is 3.81. The second-order valence-electron chi connectivity index (χ2n) is 6.81. The van der Waals surface area contributed by atoms with Crippen LogP contribution in [0.4, 0.5) is 0 Å². The van der Waals surface area contributed by atoms with E-state index in [0.717, 1.165) is 43.5 Å². The summed E-state index contributed by atoms with van der Waals surface area (Å²) in [7, 11) is 0. The summed E-state index contributed by atoms with van der Waals surface area (Å²) in [6.45, 7) is 10.5. The van der Waals surface area contributed by atoms with Gasteiger partial charge in [-0.3, -0.25) is 0 Å². The average Bonchev–Trinajstić information content (AvgIpc) is 2.65. The number of guanidine groups is 1. The van der Waals surface area contributed by atoms with E-state index in [0.29, 0.717) is 12.1 Å². The van der Waals surface area contributed by atoms with E-state index in [-0.39, 0.29) is 24.0 Å². The van der Waals surface area contributed by atoms with E-state index in [1.807, 2.05) is 24.3 Å². The highest BCUT2D eigenvalue weighted by atomic mass is 127. The van der Waals surface area contributed by atoms with E-state index in [4.69, 9.17) is 5.26 Å². The lowest BCUT2D eigenvalue weighted by atomic mass is 9.99. The Kier molecular flexibility index (Phi) is 11.3. The molecule has 2 N–H and O–H groups in total. The molecule has 0 saturated carbocycles. The number of nitrogens with one attached hydrogen (secondary N) is 2. The van der Waals surface area contributed by atoms with Crippen LogP contribution in [0.15, 0.2) is 29.3 Å². The number of nitrogens with zero attached hydrogens (tertiary/aromatic N) is 3. The van der Waals surface area contributed by atoms with Crippen molar-refractivity contribution in [2.45, 2.75) is 39.7 Å². The van der Waals surface area contributed by atoms with E-state index in [2.05, 4.69) is 40.4 Å². The van der Waals surface area contributed by atoms with Gasteiger partial charge < -0.3 is 15.5 Å². The van der Waals surface area contributed by atoms with Crippen LogP contribution in [-0.4, -0.2) is 43.6 Å². The normalized spacial score (nSPS) is 15.8. The first-order valence-electron chi connectivity index (χ1n) is 9.45. The Morgan fingerprint density at radius 1 is 1.23 bits per heavy atom. The lowest BCUT2D eigenvalue weighted by Gasteiger charge is -2.30. The number of nitriles is 1. The van der Waals surface area contributed by atoms with Gasteiger partial charge in [0.15, 0.2) is 5.96 Å². The first-order valence-corrected chi connectivity index (χ1v) is 9.45. The predicted molar refractivity (Wildman–Crippen MR) is 119 cm³/mol. The van der Waals surface area contributed by atoms with Crippen molar-refractivity contribution in [2.75, 3.05) is 32.7 Å². The molecule has 1 aliphatic rings.